The number of carbonyl (C=O) groups is 1. The minimum Gasteiger partial charge on any atom is -0.352 e. The van der Waals surface area contributed by atoms with Crippen LogP contribution >= 0.6 is 0 Å². The van der Waals surface area contributed by atoms with Gasteiger partial charge < -0.3 is 9.84 Å². The fraction of sp³-hybridized carbons (Fsp3) is 0.625. The van der Waals surface area contributed by atoms with Gasteiger partial charge in [0, 0.05) is 44.4 Å². The lowest BCUT2D eigenvalue weighted by Gasteiger charge is -2.35. The number of benzene rings is 1. The summed E-state index contributed by atoms with van der Waals surface area (Å²) in [6.45, 7) is 14.6. The third-order valence-corrected chi connectivity index (χ3v) is 5.64. The van der Waals surface area contributed by atoms with Crippen LogP contribution in [0, 0.1) is 11.8 Å². The highest BCUT2D eigenvalue weighted by molar-refractivity contribution is 5.76. The van der Waals surface area contributed by atoms with Gasteiger partial charge in [0.25, 0.3) is 0 Å². The Kier molecular flexibility index (Phi) is 7.29. The largest absolute Gasteiger partial charge is 0.352 e. The van der Waals surface area contributed by atoms with Gasteiger partial charge in [-0.3, -0.25) is 9.69 Å². The predicted molar refractivity (Wildman–Crippen MR) is 118 cm³/mol. The van der Waals surface area contributed by atoms with Crippen LogP contribution in [0.15, 0.2) is 28.8 Å². The number of piperidine rings is 1. The lowest BCUT2D eigenvalue weighted by atomic mass is 9.91. The molecule has 0 spiro atoms. The molecule has 0 saturated carbocycles. The highest BCUT2D eigenvalue weighted by Crippen LogP contribution is 2.23. The van der Waals surface area contributed by atoms with E-state index < -0.39 is 0 Å². The maximum atomic E-state index is 12.4. The molecule has 1 aromatic heterocycles. The summed E-state index contributed by atoms with van der Waals surface area (Å²) in [4.78, 5) is 19.3. The third kappa shape index (κ3) is 6.39. The van der Waals surface area contributed by atoms with Crippen LogP contribution in [0.3, 0.4) is 0 Å². The molecule has 2 atom stereocenters. The SMILES string of the molecule is C[C@@H]1C[C@@H](C)CN(Cc2ccccc2CNC(=O)CCc2nc(C(C)(C)C)no2)C1. The first kappa shape index (κ1) is 22.5. The normalized spacial score (nSPS) is 20.3. The summed E-state index contributed by atoms with van der Waals surface area (Å²) < 4.78 is 5.28. The average Bonchev–Trinajstić information content (AvgIpc) is 3.14. The highest BCUT2D eigenvalue weighted by atomic mass is 16.5. The van der Waals surface area contributed by atoms with Crippen LogP contribution in [0.25, 0.3) is 0 Å². The Morgan fingerprint density at radius 2 is 1.83 bits per heavy atom. The van der Waals surface area contributed by atoms with Gasteiger partial charge in [0.2, 0.25) is 11.8 Å². The van der Waals surface area contributed by atoms with E-state index in [4.69, 9.17) is 4.52 Å². The van der Waals surface area contributed by atoms with Crippen molar-refractivity contribution in [2.24, 2.45) is 11.8 Å². The molecular weight excluding hydrogens is 376 g/mol. The molecule has 3 rings (SSSR count). The zero-order valence-electron chi connectivity index (χ0n) is 19.1. The topological polar surface area (TPSA) is 71.3 Å². The summed E-state index contributed by atoms with van der Waals surface area (Å²) in [5, 5.41) is 7.07. The number of hydrogen-bond acceptors (Lipinski definition) is 5. The van der Waals surface area contributed by atoms with Crippen LogP contribution < -0.4 is 5.32 Å². The van der Waals surface area contributed by atoms with Crippen LogP contribution in [-0.4, -0.2) is 34.0 Å². The van der Waals surface area contributed by atoms with Gasteiger partial charge in [-0.25, -0.2) is 0 Å². The number of likely N-dealkylation sites (tertiary alicyclic amines) is 1. The molecule has 0 unspecified atom stereocenters. The second kappa shape index (κ2) is 9.73. The summed E-state index contributed by atoms with van der Waals surface area (Å²) in [7, 11) is 0. The highest BCUT2D eigenvalue weighted by Gasteiger charge is 2.23. The lowest BCUT2D eigenvalue weighted by molar-refractivity contribution is -0.121. The van der Waals surface area contributed by atoms with Gasteiger partial charge in [-0.2, -0.15) is 4.98 Å². The molecule has 0 aliphatic carbocycles. The molecule has 2 aromatic rings. The Bertz CT molecular complexity index is 830. The Balaban J connectivity index is 1.50. The van der Waals surface area contributed by atoms with Crippen LogP contribution in [0.2, 0.25) is 0 Å². The summed E-state index contributed by atoms with van der Waals surface area (Å²) in [5.74, 6) is 2.67. The van der Waals surface area contributed by atoms with Gasteiger partial charge >= 0.3 is 0 Å². The summed E-state index contributed by atoms with van der Waals surface area (Å²) in [6.07, 6.45) is 2.11. The molecule has 6 nitrogen and oxygen atoms in total. The maximum Gasteiger partial charge on any atom is 0.227 e. The fourth-order valence-corrected chi connectivity index (χ4v) is 4.21. The molecule has 1 amide bonds. The molecule has 0 bridgehead atoms. The fourth-order valence-electron chi connectivity index (χ4n) is 4.21. The summed E-state index contributed by atoms with van der Waals surface area (Å²) >= 11 is 0. The average molecular weight is 413 g/mol. The second-order valence-electron chi connectivity index (χ2n) is 9.95. The van der Waals surface area contributed by atoms with Gasteiger partial charge in [0.05, 0.1) is 0 Å². The maximum absolute atomic E-state index is 12.4. The number of aryl methyl sites for hydroxylation is 1. The molecule has 1 aromatic carbocycles. The van der Waals surface area contributed by atoms with E-state index in [1.807, 2.05) is 26.8 Å². The Labute approximate surface area is 180 Å². The number of nitrogens with zero attached hydrogens (tertiary/aromatic N) is 3. The Morgan fingerprint density at radius 1 is 1.17 bits per heavy atom. The first-order valence-electron chi connectivity index (χ1n) is 11.1. The summed E-state index contributed by atoms with van der Waals surface area (Å²) in [5.41, 5.74) is 2.33. The molecule has 6 heteroatoms. The molecule has 1 N–H and O–H groups in total. The van der Waals surface area contributed by atoms with E-state index in [2.05, 4.69) is 52.4 Å². The number of nitrogens with one attached hydrogen (secondary N) is 1. The van der Waals surface area contributed by atoms with E-state index in [1.54, 1.807) is 0 Å². The monoisotopic (exact) mass is 412 g/mol. The second-order valence-corrected chi connectivity index (χ2v) is 9.95. The zero-order valence-corrected chi connectivity index (χ0v) is 19.1. The van der Waals surface area contributed by atoms with Crippen molar-refractivity contribution in [1.29, 1.82) is 0 Å². The molecule has 1 aliphatic heterocycles. The van der Waals surface area contributed by atoms with Gasteiger partial charge in [-0.05, 0) is 29.4 Å². The molecule has 1 aliphatic rings. The standard InChI is InChI=1S/C24H36N4O2/c1-17-12-18(2)15-28(14-17)16-20-9-7-6-8-19(20)13-25-21(29)10-11-22-26-23(27-30-22)24(3,4)5/h6-9,17-18H,10-16H2,1-5H3,(H,25,29)/t17-,18-/m1/s1. The molecule has 2 heterocycles. The van der Waals surface area contributed by atoms with Crippen molar-refractivity contribution >= 4 is 5.91 Å². The van der Waals surface area contributed by atoms with Crippen LogP contribution in [0.5, 0.6) is 0 Å². The van der Waals surface area contributed by atoms with Gasteiger partial charge in [-0.15, -0.1) is 0 Å². The number of carbonyl (C=O) groups excluding carboxylic acids is 1. The first-order valence-corrected chi connectivity index (χ1v) is 11.1. The summed E-state index contributed by atoms with van der Waals surface area (Å²) in [6, 6.07) is 8.41. The van der Waals surface area contributed by atoms with Gasteiger partial charge in [-0.1, -0.05) is 64.0 Å². The minimum absolute atomic E-state index is 0.000490. The van der Waals surface area contributed by atoms with Crippen LogP contribution in [0.1, 0.15) is 70.3 Å². The molecule has 1 saturated heterocycles. The quantitative estimate of drug-likeness (QED) is 0.741. The van der Waals surface area contributed by atoms with Gasteiger partial charge in [0.1, 0.15) is 0 Å². The smallest absolute Gasteiger partial charge is 0.227 e. The van der Waals surface area contributed by atoms with E-state index in [1.165, 1.54) is 17.5 Å². The van der Waals surface area contributed by atoms with Crippen molar-refractivity contribution in [2.45, 2.75) is 72.4 Å². The number of hydrogen-bond donors (Lipinski definition) is 1. The lowest BCUT2D eigenvalue weighted by Crippen LogP contribution is -2.38. The van der Waals surface area contributed by atoms with Crippen molar-refractivity contribution in [3.05, 3.63) is 47.1 Å². The van der Waals surface area contributed by atoms with Crippen LogP contribution in [0.4, 0.5) is 0 Å². The van der Waals surface area contributed by atoms with E-state index >= 15 is 0 Å². The molecule has 0 radical (unpaired) electrons. The number of aromatic nitrogens is 2. The van der Waals surface area contributed by atoms with E-state index in [0.717, 1.165) is 31.5 Å². The molecular formula is C24H36N4O2. The minimum atomic E-state index is -0.155. The zero-order chi connectivity index (χ0) is 21.7. The number of amides is 1. The third-order valence-electron chi connectivity index (χ3n) is 5.64. The van der Waals surface area contributed by atoms with E-state index in [-0.39, 0.29) is 11.3 Å². The van der Waals surface area contributed by atoms with Crippen molar-refractivity contribution < 1.29 is 9.32 Å². The van der Waals surface area contributed by atoms with E-state index in [0.29, 0.717) is 31.1 Å². The van der Waals surface area contributed by atoms with Gasteiger partial charge in [0.15, 0.2) is 5.82 Å². The Hall–Kier alpha value is -2.21. The first-order chi connectivity index (χ1) is 14.2. The van der Waals surface area contributed by atoms with Crippen LogP contribution in [-0.2, 0) is 29.7 Å². The Morgan fingerprint density at radius 3 is 2.47 bits per heavy atom. The van der Waals surface area contributed by atoms with Crippen molar-refractivity contribution in [2.75, 3.05) is 13.1 Å². The molecule has 164 valence electrons. The van der Waals surface area contributed by atoms with Crippen molar-refractivity contribution in [3.8, 4) is 0 Å². The van der Waals surface area contributed by atoms with E-state index in [9.17, 15) is 4.79 Å². The number of rotatable bonds is 7. The molecule has 1 fully saturated rings. The van der Waals surface area contributed by atoms with Crippen molar-refractivity contribution in [1.82, 2.24) is 20.4 Å². The predicted octanol–water partition coefficient (Wildman–Crippen LogP) is 4.09. The van der Waals surface area contributed by atoms with Crippen molar-refractivity contribution in [3.63, 3.8) is 0 Å². The molecule has 30 heavy (non-hydrogen) atoms.